The Labute approximate surface area is 95.1 Å². The van der Waals surface area contributed by atoms with Gasteiger partial charge in [0.1, 0.15) is 11.3 Å². The van der Waals surface area contributed by atoms with Gasteiger partial charge in [-0.3, -0.25) is 4.40 Å². The van der Waals surface area contributed by atoms with E-state index in [0.29, 0.717) is 11.4 Å². The zero-order valence-corrected chi connectivity index (χ0v) is 8.95. The van der Waals surface area contributed by atoms with Crippen molar-refractivity contribution in [3.63, 3.8) is 0 Å². The molecule has 0 amide bonds. The number of pyridine rings is 1. The van der Waals surface area contributed by atoms with Crippen LogP contribution in [-0.4, -0.2) is 15.7 Å². The van der Waals surface area contributed by atoms with E-state index in [-0.39, 0.29) is 11.3 Å². The Morgan fingerprint density at radius 2 is 2.18 bits per heavy atom. The number of hydrogen-bond acceptors (Lipinski definition) is 2. The number of hydrogen-bond donors (Lipinski definition) is 0. The molecule has 0 bridgehead atoms. The molecule has 2 aromatic heterocycles. The summed E-state index contributed by atoms with van der Waals surface area (Å²) in [6.45, 7) is 5.43. The lowest BCUT2D eigenvalue weighted by Gasteiger charge is -2.10. The van der Waals surface area contributed by atoms with Crippen molar-refractivity contribution < 1.29 is 17.9 Å². The van der Waals surface area contributed by atoms with Crippen LogP contribution in [0.2, 0.25) is 0 Å². The molecular weight excluding hydrogens is 233 g/mol. The van der Waals surface area contributed by atoms with Gasteiger partial charge >= 0.3 is 6.36 Å². The van der Waals surface area contributed by atoms with Gasteiger partial charge in [-0.1, -0.05) is 6.58 Å². The first-order valence-corrected chi connectivity index (χ1v) is 4.76. The highest BCUT2D eigenvalue weighted by atomic mass is 19.4. The van der Waals surface area contributed by atoms with Crippen LogP contribution in [0.4, 0.5) is 13.2 Å². The van der Waals surface area contributed by atoms with E-state index in [4.69, 9.17) is 0 Å². The summed E-state index contributed by atoms with van der Waals surface area (Å²) in [5, 5.41) is 0. The fraction of sp³-hybridized carbons (Fsp3) is 0.182. The molecule has 0 aliphatic rings. The Bertz CT molecular complexity index is 572. The molecule has 90 valence electrons. The first-order chi connectivity index (χ1) is 7.88. The number of fused-ring (bicyclic) bond motifs is 1. The molecule has 0 aromatic carbocycles. The number of aromatic nitrogens is 2. The molecule has 2 aromatic rings. The van der Waals surface area contributed by atoms with Crippen LogP contribution in [0.25, 0.3) is 11.1 Å². The normalized spacial score (nSPS) is 11.8. The van der Waals surface area contributed by atoms with Gasteiger partial charge in [-0.2, -0.15) is 0 Å². The molecule has 0 N–H and O–H groups in total. The van der Waals surface area contributed by atoms with Gasteiger partial charge in [-0.05, 0) is 24.6 Å². The second-order valence-electron chi connectivity index (χ2n) is 3.54. The zero-order valence-electron chi connectivity index (χ0n) is 8.95. The van der Waals surface area contributed by atoms with Crippen molar-refractivity contribution in [2.75, 3.05) is 0 Å². The lowest BCUT2D eigenvalue weighted by Crippen LogP contribution is -2.17. The summed E-state index contributed by atoms with van der Waals surface area (Å²) in [5.74, 6) is 0.229. The maximum absolute atomic E-state index is 12.2. The molecule has 0 aliphatic carbocycles. The molecule has 6 heteroatoms. The second kappa shape index (κ2) is 3.80. The number of ether oxygens (including phenoxy) is 1. The summed E-state index contributed by atoms with van der Waals surface area (Å²) in [7, 11) is 0. The topological polar surface area (TPSA) is 26.5 Å². The van der Waals surface area contributed by atoms with Crippen LogP contribution in [0.5, 0.6) is 5.75 Å². The number of halogens is 3. The van der Waals surface area contributed by atoms with E-state index < -0.39 is 6.36 Å². The van der Waals surface area contributed by atoms with Gasteiger partial charge in [-0.25, -0.2) is 4.98 Å². The summed E-state index contributed by atoms with van der Waals surface area (Å²) in [5.41, 5.74) is 0.914. The highest BCUT2D eigenvalue weighted by Gasteiger charge is 2.32. The van der Waals surface area contributed by atoms with E-state index in [1.807, 2.05) is 0 Å². The van der Waals surface area contributed by atoms with Gasteiger partial charge in [0.05, 0.1) is 6.20 Å². The van der Waals surface area contributed by atoms with Gasteiger partial charge in [0.15, 0.2) is 5.75 Å². The number of rotatable bonds is 2. The monoisotopic (exact) mass is 242 g/mol. The van der Waals surface area contributed by atoms with E-state index in [1.165, 1.54) is 22.7 Å². The fourth-order valence-corrected chi connectivity index (χ4v) is 1.52. The molecule has 2 rings (SSSR count). The van der Waals surface area contributed by atoms with Crippen molar-refractivity contribution >= 4 is 11.1 Å². The minimum atomic E-state index is -4.71. The lowest BCUT2D eigenvalue weighted by molar-refractivity contribution is -0.274. The second-order valence-corrected chi connectivity index (χ2v) is 3.54. The summed E-state index contributed by atoms with van der Waals surface area (Å²) < 4.78 is 41.9. The first-order valence-electron chi connectivity index (χ1n) is 4.76. The lowest BCUT2D eigenvalue weighted by atomic mass is 10.3. The SMILES string of the molecule is C=C(C)c1ncc2c(OC(F)(F)F)cccn12. The van der Waals surface area contributed by atoms with Crippen LogP contribution in [0.1, 0.15) is 12.7 Å². The molecule has 0 aliphatic heterocycles. The standard InChI is InChI=1S/C11H9F3N2O/c1-7(2)10-15-6-8-9(17-11(12,13)14)4-3-5-16(8)10/h3-6H,1H2,2H3. The van der Waals surface area contributed by atoms with Crippen LogP contribution in [0.15, 0.2) is 31.1 Å². The van der Waals surface area contributed by atoms with E-state index >= 15 is 0 Å². The van der Waals surface area contributed by atoms with E-state index in [2.05, 4.69) is 16.3 Å². The minimum absolute atomic E-state index is 0.253. The van der Waals surface area contributed by atoms with Gasteiger partial charge < -0.3 is 4.74 Å². The smallest absolute Gasteiger partial charge is 0.403 e. The van der Waals surface area contributed by atoms with Gasteiger partial charge in [0.2, 0.25) is 0 Å². The Hall–Kier alpha value is -1.98. The van der Waals surface area contributed by atoms with Gasteiger partial charge in [0, 0.05) is 6.20 Å². The van der Waals surface area contributed by atoms with E-state index in [1.54, 1.807) is 13.1 Å². The molecule has 3 nitrogen and oxygen atoms in total. The van der Waals surface area contributed by atoms with E-state index in [0.717, 1.165) is 0 Å². The van der Waals surface area contributed by atoms with E-state index in [9.17, 15) is 13.2 Å². The molecular formula is C11H9F3N2O. The number of imidazole rings is 1. The third-order valence-corrected chi connectivity index (χ3v) is 2.14. The predicted molar refractivity (Wildman–Crippen MR) is 56.6 cm³/mol. The first kappa shape index (κ1) is 11.5. The minimum Gasteiger partial charge on any atom is -0.403 e. The zero-order chi connectivity index (χ0) is 12.6. The Morgan fingerprint density at radius 3 is 2.76 bits per heavy atom. The van der Waals surface area contributed by atoms with Crippen molar-refractivity contribution in [1.29, 1.82) is 0 Å². The van der Waals surface area contributed by atoms with Crippen LogP contribution in [0, 0.1) is 0 Å². The average molecular weight is 242 g/mol. The third kappa shape index (κ3) is 2.25. The molecule has 0 unspecified atom stereocenters. The van der Waals surface area contributed by atoms with Crippen LogP contribution in [0.3, 0.4) is 0 Å². The molecule has 0 spiro atoms. The number of alkyl halides is 3. The van der Waals surface area contributed by atoms with Crippen molar-refractivity contribution in [1.82, 2.24) is 9.38 Å². The van der Waals surface area contributed by atoms with Gasteiger partial charge in [-0.15, -0.1) is 13.2 Å². The molecule has 0 saturated heterocycles. The molecule has 17 heavy (non-hydrogen) atoms. The quantitative estimate of drug-likeness (QED) is 0.808. The highest BCUT2D eigenvalue weighted by Crippen LogP contribution is 2.28. The molecule has 0 atom stereocenters. The van der Waals surface area contributed by atoms with Crippen molar-refractivity contribution in [2.24, 2.45) is 0 Å². The Morgan fingerprint density at radius 1 is 1.47 bits per heavy atom. The van der Waals surface area contributed by atoms with Crippen molar-refractivity contribution in [2.45, 2.75) is 13.3 Å². The van der Waals surface area contributed by atoms with Crippen molar-refractivity contribution in [3.8, 4) is 5.75 Å². The third-order valence-electron chi connectivity index (χ3n) is 2.14. The maximum atomic E-state index is 12.2. The molecule has 0 fully saturated rings. The molecule has 2 heterocycles. The highest BCUT2D eigenvalue weighted by molar-refractivity contribution is 5.65. The van der Waals surface area contributed by atoms with Gasteiger partial charge in [0.25, 0.3) is 0 Å². The summed E-state index contributed by atoms with van der Waals surface area (Å²) in [4.78, 5) is 4.00. The van der Waals surface area contributed by atoms with Crippen LogP contribution < -0.4 is 4.74 Å². The summed E-state index contributed by atoms with van der Waals surface area (Å²) in [6.07, 6.45) is -1.78. The maximum Gasteiger partial charge on any atom is 0.573 e. The summed E-state index contributed by atoms with van der Waals surface area (Å²) >= 11 is 0. The Kier molecular flexibility index (Phi) is 2.57. The largest absolute Gasteiger partial charge is 0.573 e. The number of allylic oxidation sites excluding steroid dienone is 1. The Balaban J connectivity index is 2.56. The predicted octanol–water partition coefficient (Wildman–Crippen LogP) is 3.27. The fourth-order valence-electron chi connectivity index (χ4n) is 1.52. The molecule has 0 saturated carbocycles. The average Bonchev–Trinajstić information content (AvgIpc) is 2.59. The number of nitrogens with zero attached hydrogens (tertiary/aromatic N) is 2. The van der Waals surface area contributed by atoms with Crippen LogP contribution in [-0.2, 0) is 0 Å². The van der Waals surface area contributed by atoms with Crippen molar-refractivity contribution in [3.05, 3.63) is 36.9 Å². The molecule has 0 radical (unpaired) electrons. The summed E-state index contributed by atoms with van der Waals surface area (Å²) in [6, 6.07) is 2.70. The van der Waals surface area contributed by atoms with Crippen LogP contribution >= 0.6 is 0 Å².